The molecule has 0 aliphatic carbocycles. The third-order valence-corrected chi connectivity index (χ3v) is 6.50. The maximum atomic E-state index is 12.3. The molecule has 2 fully saturated rings. The van der Waals surface area contributed by atoms with Crippen molar-refractivity contribution in [3.8, 4) is 17.2 Å². The van der Waals surface area contributed by atoms with Crippen LogP contribution in [0.2, 0.25) is 0 Å². The molecule has 154 valence electrons. The van der Waals surface area contributed by atoms with E-state index in [2.05, 4.69) is 6.07 Å². The van der Waals surface area contributed by atoms with Gasteiger partial charge in [-0.15, -0.1) is 0 Å². The second kappa shape index (κ2) is 7.58. The first-order chi connectivity index (χ1) is 14.4. The number of carbonyl (C=O) groups excluding carboxylic acids is 2. The van der Waals surface area contributed by atoms with Crippen molar-refractivity contribution in [1.29, 1.82) is 5.26 Å². The molecule has 0 saturated carbocycles. The molecule has 2 heterocycles. The van der Waals surface area contributed by atoms with Gasteiger partial charge in [-0.05, 0) is 28.8 Å². The zero-order chi connectivity index (χ0) is 21.5. The first-order valence-electron chi connectivity index (χ1n) is 10.2. The summed E-state index contributed by atoms with van der Waals surface area (Å²) in [5, 5.41) is 19.0. The monoisotopic (exact) mass is 403 g/mol. The third kappa shape index (κ3) is 2.98. The summed E-state index contributed by atoms with van der Waals surface area (Å²) in [5.74, 6) is 0.0110. The molecule has 0 bridgehead atoms. The van der Waals surface area contributed by atoms with E-state index in [1.165, 1.54) is 6.92 Å². The number of hydrogen-bond donors (Lipinski definition) is 1. The largest absolute Gasteiger partial charge is 0.394 e. The van der Waals surface area contributed by atoms with Gasteiger partial charge in [0.05, 0.1) is 29.8 Å². The molecule has 30 heavy (non-hydrogen) atoms. The van der Waals surface area contributed by atoms with Crippen molar-refractivity contribution in [3.63, 3.8) is 0 Å². The Balaban J connectivity index is 1.61. The van der Waals surface area contributed by atoms with Crippen molar-refractivity contribution in [1.82, 2.24) is 9.80 Å². The fourth-order valence-electron chi connectivity index (χ4n) is 5.16. The highest BCUT2D eigenvalue weighted by Gasteiger charge is 2.67. The second-order valence-electron chi connectivity index (χ2n) is 8.13. The Kier molecular flexibility index (Phi) is 5.08. The van der Waals surface area contributed by atoms with Gasteiger partial charge in [0.25, 0.3) is 0 Å². The molecule has 4 rings (SSSR count). The van der Waals surface area contributed by atoms with Crippen LogP contribution >= 0.6 is 0 Å². The van der Waals surface area contributed by atoms with Crippen LogP contribution in [0.4, 0.5) is 0 Å². The topological polar surface area (TPSA) is 84.6 Å². The van der Waals surface area contributed by atoms with E-state index in [0.29, 0.717) is 25.1 Å². The zero-order valence-corrected chi connectivity index (χ0v) is 17.2. The molecule has 6 nitrogen and oxygen atoms in total. The maximum Gasteiger partial charge on any atom is 0.222 e. The number of nitriles is 1. The number of carbonyl (C=O) groups is 2. The molecule has 2 aliphatic heterocycles. The number of aliphatic hydroxyl groups is 1. The molecule has 0 unspecified atom stereocenters. The zero-order valence-electron chi connectivity index (χ0n) is 17.2. The fraction of sp³-hybridized carbons (Fsp3) is 0.375. The highest BCUT2D eigenvalue weighted by Crippen LogP contribution is 2.54. The number of rotatable bonds is 4. The standard InChI is InChI=1S/C24H25N3O3/c1-3-22(30)26-14-24(15-26)23(21(13-28)27(24)16(2)29)20-10-8-19(9-11-20)18-6-4-17(12-25)5-7-18/h4-11,21,23,28H,3,13-15H2,1-2H3/t21-,23+/m0/s1. The minimum atomic E-state index is -0.431. The summed E-state index contributed by atoms with van der Waals surface area (Å²) >= 11 is 0. The third-order valence-electron chi connectivity index (χ3n) is 6.50. The van der Waals surface area contributed by atoms with Crippen molar-refractivity contribution in [3.05, 3.63) is 59.7 Å². The summed E-state index contributed by atoms with van der Waals surface area (Å²) in [6, 6.07) is 17.4. The molecule has 2 aromatic carbocycles. The summed E-state index contributed by atoms with van der Waals surface area (Å²) in [4.78, 5) is 28.0. The molecule has 1 spiro atoms. The smallest absolute Gasteiger partial charge is 0.222 e. The van der Waals surface area contributed by atoms with E-state index in [1.807, 2.05) is 43.3 Å². The first-order valence-corrected chi connectivity index (χ1v) is 10.2. The summed E-state index contributed by atoms with van der Waals surface area (Å²) in [5.41, 5.74) is 3.32. The van der Waals surface area contributed by atoms with Gasteiger partial charge in [0.15, 0.2) is 0 Å². The molecule has 1 N–H and O–H groups in total. The molecule has 2 atom stereocenters. The van der Waals surface area contributed by atoms with Crippen molar-refractivity contribution in [2.75, 3.05) is 19.7 Å². The minimum absolute atomic E-state index is 0.0117. The lowest BCUT2D eigenvalue weighted by Gasteiger charge is -2.70. The van der Waals surface area contributed by atoms with Crippen LogP contribution in [-0.4, -0.2) is 58.0 Å². The van der Waals surface area contributed by atoms with E-state index in [9.17, 15) is 14.7 Å². The van der Waals surface area contributed by atoms with Gasteiger partial charge < -0.3 is 14.9 Å². The van der Waals surface area contributed by atoms with Crippen molar-refractivity contribution in [2.24, 2.45) is 0 Å². The van der Waals surface area contributed by atoms with Gasteiger partial charge in [0.1, 0.15) is 0 Å². The van der Waals surface area contributed by atoms with Crippen LogP contribution in [0.25, 0.3) is 11.1 Å². The lowest BCUT2D eigenvalue weighted by atomic mass is 9.60. The molecule has 6 heteroatoms. The second-order valence-corrected chi connectivity index (χ2v) is 8.13. The normalized spacial score (nSPS) is 21.5. The van der Waals surface area contributed by atoms with Crippen molar-refractivity contribution in [2.45, 2.75) is 37.8 Å². The van der Waals surface area contributed by atoms with Crippen LogP contribution in [0.1, 0.15) is 37.3 Å². The average Bonchev–Trinajstić information content (AvgIpc) is 2.72. The van der Waals surface area contributed by atoms with E-state index >= 15 is 0 Å². The molecule has 0 radical (unpaired) electrons. The summed E-state index contributed by atoms with van der Waals surface area (Å²) in [6.07, 6.45) is 0.448. The van der Waals surface area contributed by atoms with E-state index in [4.69, 9.17) is 5.26 Å². The summed E-state index contributed by atoms with van der Waals surface area (Å²) in [7, 11) is 0. The van der Waals surface area contributed by atoms with Crippen LogP contribution in [-0.2, 0) is 9.59 Å². The van der Waals surface area contributed by atoms with Gasteiger partial charge in [-0.2, -0.15) is 5.26 Å². The SMILES string of the molecule is CCC(=O)N1CC2(C1)[C@H](c1ccc(-c3ccc(C#N)cc3)cc1)[C@H](CO)N2C(C)=O. The average molecular weight is 403 g/mol. The predicted molar refractivity (Wildman–Crippen MR) is 112 cm³/mol. The van der Waals surface area contributed by atoms with Crippen molar-refractivity contribution < 1.29 is 14.7 Å². The molecule has 0 aromatic heterocycles. The number of nitrogens with zero attached hydrogens (tertiary/aromatic N) is 3. The van der Waals surface area contributed by atoms with Gasteiger partial charge in [-0.1, -0.05) is 43.3 Å². The van der Waals surface area contributed by atoms with Crippen LogP contribution < -0.4 is 0 Å². The Labute approximate surface area is 176 Å². The van der Waals surface area contributed by atoms with Crippen LogP contribution in [0.15, 0.2) is 48.5 Å². The first kappa shape index (κ1) is 20.1. The lowest BCUT2D eigenvalue weighted by Crippen LogP contribution is -2.85. The highest BCUT2D eigenvalue weighted by atomic mass is 16.3. The van der Waals surface area contributed by atoms with Crippen LogP contribution in [0, 0.1) is 11.3 Å². The van der Waals surface area contributed by atoms with E-state index in [0.717, 1.165) is 16.7 Å². The van der Waals surface area contributed by atoms with Crippen molar-refractivity contribution >= 4 is 11.8 Å². The molecule has 2 amide bonds. The van der Waals surface area contributed by atoms with Crippen LogP contribution in [0.3, 0.4) is 0 Å². The molecule has 2 aromatic rings. The Hall–Kier alpha value is -3.17. The lowest BCUT2D eigenvalue weighted by molar-refractivity contribution is -0.201. The maximum absolute atomic E-state index is 12.3. The Bertz CT molecular complexity index is 1000. The number of hydrogen-bond acceptors (Lipinski definition) is 4. The van der Waals surface area contributed by atoms with Gasteiger partial charge in [0, 0.05) is 32.4 Å². The van der Waals surface area contributed by atoms with Gasteiger partial charge in [-0.3, -0.25) is 9.59 Å². The number of likely N-dealkylation sites (tertiary alicyclic amines) is 2. The Morgan fingerprint density at radius 1 is 1.10 bits per heavy atom. The fourth-order valence-corrected chi connectivity index (χ4v) is 5.16. The number of amides is 2. The Morgan fingerprint density at radius 2 is 1.67 bits per heavy atom. The molecular formula is C24H25N3O3. The number of benzene rings is 2. The summed E-state index contributed by atoms with van der Waals surface area (Å²) in [6.45, 7) is 4.28. The van der Waals surface area contributed by atoms with E-state index < -0.39 is 5.54 Å². The Morgan fingerprint density at radius 3 is 2.13 bits per heavy atom. The summed E-state index contributed by atoms with van der Waals surface area (Å²) < 4.78 is 0. The van der Waals surface area contributed by atoms with Gasteiger partial charge in [0.2, 0.25) is 11.8 Å². The molecule has 2 saturated heterocycles. The quantitative estimate of drug-likeness (QED) is 0.850. The molecular weight excluding hydrogens is 378 g/mol. The minimum Gasteiger partial charge on any atom is -0.394 e. The van der Waals surface area contributed by atoms with Gasteiger partial charge in [-0.25, -0.2) is 0 Å². The highest BCUT2D eigenvalue weighted by molar-refractivity contribution is 5.81. The predicted octanol–water partition coefficient (Wildman–Crippen LogP) is 2.52. The van der Waals surface area contributed by atoms with E-state index in [1.54, 1.807) is 21.9 Å². The molecule has 2 aliphatic rings. The number of aliphatic hydroxyl groups excluding tert-OH is 1. The van der Waals surface area contributed by atoms with E-state index in [-0.39, 0.29) is 30.4 Å². The van der Waals surface area contributed by atoms with Gasteiger partial charge >= 0.3 is 0 Å². The van der Waals surface area contributed by atoms with Crippen LogP contribution in [0.5, 0.6) is 0 Å².